The minimum Gasteiger partial charge on any atom is -0.354 e. The number of aromatic nitrogens is 1. The highest BCUT2D eigenvalue weighted by Gasteiger charge is 2.32. The molecular formula is C18H17F3N4O2S. The molecule has 0 unspecified atom stereocenters. The van der Waals surface area contributed by atoms with Crippen molar-refractivity contribution in [2.24, 2.45) is 0 Å². The lowest BCUT2D eigenvalue weighted by Crippen LogP contribution is -2.49. The molecular weight excluding hydrogens is 393 g/mol. The second kappa shape index (κ2) is 7.77. The zero-order valence-corrected chi connectivity index (χ0v) is 15.5. The highest BCUT2D eigenvalue weighted by atomic mass is 32.2. The van der Waals surface area contributed by atoms with Crippen LogP contribution in [0.1, 0.15) is 11.1 Å². The van der Waals surface area contributed by atoms with Crippen LogP contribution in [-0.2, 0) is 22.6 Å². The zero-order chi connectivity index (χ0) is 20.4. The Labute approximate surface area is 160 Å². The van der Waals surface area contributed by atoms with E-state index < -0.39 is 21.8 Å². The summed E-state index contributed by atoms with van der Waals surface area (Å²) in [7, 11) is -3.76. The van der Waals surface area contributed by atoms with Gasteiger partial charge >= 0.3 is 6.18 Å². The lowest BCUT2D eigenvalue weighted by Gasteiger charge is -2.35. The van der Waals surface area contributed by atoms with Crippen molar-refractivity contribution in [3.63, 3.8) is 0 Å². The number of piperazine rings is 1. The molecule has 0 spiro atoms. The minimum atomic E-state index is -4.45. The summed E-state index contributed by atoms with van der Waals surface area (Å²) >= 11 is 0. The Morgan fingerprint density at radius 1 is 1.07 bits per heavy atom. The first-order valence-electron chi connectivity index (χ1n) is 8.46. The molecule has 10 heteroatoms. The molecule has 0 bridgehead atoms. The van der Waals surface area contributed by atoms with E-state index >= 15 is 0 Å². The van der Waals surface area contributed by atoms with E-state index in [0.717, 1.165) is 12.3 Å². The molecule has 0 N–H and O–H groups in total. The number of alkyl halides is 3. The molecule has 2 heterocycles. The molecule has 0 radical (unpaired) electrons. The molecule has 0 saturated carbocycles. The summed E-state index contributed by atoms with van der Waals surface area (Å²) in [6, 6.07) is 10.6. The first kappa shape index (κ1) is 20.1. The van der Waals surface area contributed by atoms with Gasteiger partial charge in [-0.25, -0.2) is 13.4 Å². The predicted octanol–water partition coefficient (Wildman–Crippen LogP) is 2.68. The van der Waals surface area contributed by atoms with Crippen molar-refractivity contribution in [2.45, 2.75) is 17.5 Å². The number of hydrogen-bond acceptors (Lipinski definition) is 5. The van der Waals surface area contributed by atoms with Crippen molar-refractivity contribution in [1.82, 2.24) is 9.29 Å². The third kappa shape index (κ3) is 4.10. The van der Waals surface area contributed by atoms with Crippen LogP contribution < -0.4 is 4.90 Å². The van der Waals surface area contributed by atoms with E-state index in [1.165, 1.54) is 16.4 Å². The molecule has 1 saturated heterocycles. The first-order chi connectivity index (χ1) is 13.2. The van der Waals surface area contributed by atoms with Gasteiger partial charge in [0, 0.05) is 32.4 Å². The van der Waals surface area contributed by atoms with Gasteiger partial charge in [0.05, 0.1) is 22.9 Å². The van der Waals surface area contributed by atoms with Crippen LogP contribution in [0.3, 0.4) is 0 Å². The van der Waals surface area contributed by atoms with Crippen molar-refractivity contribution in [1.29, 1.82) is 5.26 Å². The van der Waals surface area contributed by atoms with Crippen LogP contribution >= 0.6 is 0 Å². The number of pyridine rings is 1. The summed E-state index contributed by atoms with van der Waals surface area (Å²) in [6.45, 7) is 0.952. The molecule has 1 aromatic heterocycles. The van der Waals surface area contributed by atoms with Crippen LogP contribution in [0.4, 0.5) is 19.0 Å². The number of rotatable bonds is 4. The maximum atomic E-state index is 12.9. The highest BCUT2D eigenvalue weighted by Crippen LogP contribution is 2.30. The van der Waals surface area contributed by atoms with Crippen LogP contribution in [0, 0.1) is 11.3 Å². The molecule has 28 heavy (non-hydrogen) atoms. The Kier molecular flexibility index (Phi) is 5.58. The molecule has 1 aliphatic rings. The van der Waals surface area contributed by atoms with Gasteiger partial charge in [0.1, 0.15) is 5.82 Å². The Hall–Kier alpha value is -2.64. The molecule has 0 amide bonds. The lowest BCUT2D eigenvalue weighted by atomic mass is 10.2. The van der Waals surface area contributed by atoms with Gasteiger partial charge < -0.3 is 4.90 Å². The van der Waals surface area contributed by atoms with Gasteiger partial charge in [0.15, 0.2) is 0 Å². The zero-order valence-electron chi connectivity index (χ0n) is 14.7. The maximum Gasteiger partial charge on any atom is 0.417 e. The van der Waals surface area contributed by atoms with Crippen molar-refractivity contribution in [3.05, 3.63) is 53.7 Å². The van der Waals surface area contributed by atoms with Crippen LogP contribution in [-0.4, -0.2) is 43.9 Å². The monoisotopic (exact) mass is 410 g/mol. The lowest BCUT2D eigenvalue weighted by molar-refractivity contribution is -0.137. The molecule has 0 aliphatic carbocycles. The van der Waals surface area contributed by atoms with Gasteiger partial charge in [0.25, 0.3) is 0 Å². The Morgan fingerprint density at radius 2 is 1.75 bits per heavy atom. The summed E-state index contributed by atoms with van der Waals surface area (Å²) in [5.41, 5.74) is -0.386. The number of halogens is 3. The molecule has 1 aromatic carbocycles. The van der Waals surface area contributed by atoms with Crippen molar-refractivity contribution in [2.75, 3.05) is 31.1 Å². The molecule has 1 fully saturated rings. The van der Waals surface area contributed by atoms with Crippen LogP contribution in [0.15, 0.2) is 47.5 Å². The SMILES string of the molecule is N#CCc1ccccc1S(=O)(=O)N1CCN(c2ccc(C(F)(F)F)cn2)CC1. The molecule has 2 aromatic rings. The van der Waals surface area contributed by atoms with Crippen LogP contribution in [0.2, 0.25) is 0 Å². The Balaban J connectivity index is 1.72. The Bertz CT molecular complexity index is 977. The van der Waals surface area contributed by atoms with Crippen LogP contribution in [0.5, 0.6) is 0 Å². The van der Waals surface area contributed by atoms with E-state index in [4.69, 9.17) is 5.26 Å². The number of benzene rings is 1. The van der Waals surface area contributed by atoms with Gasteiger partial charge in [-0.2, -0.15) is 22.7 Å². The van der Waals surface area contributed by atoms with E-state index in [0.29, 0.717) is 24.5 Å². The quantitative estimate of drug-likeness (QED) is 0.775. The summed E-state index contributed by atoms with van der Waals surface area (Å²) in [5, 5.41) is 8.91. The topological polar surface area (TPSA) is 77.3 Å². The number of nitrogens with zero attached hydrogens (tertiary/aromatic N) is 4. The minimum absolute atomic E-state index is 0.00908. The average molecular weight is 410 g/mol. The van der Waals surface area contributed by atoms with Crippen molar-refractivity contribution in [3.8, 4) is 6.07 Å². The fourth-order valence-electron chi connectivity index (χ4n) is 3.02. The summed E-state index contributed by atoms with van der Waals surface area (Å²) in [4.78, 5) is 5.71. The van der Waals surface area contributed by atoms with Crippen LogP contribution in [0.25, 0.3) is 0 Å². The van der Waals surface area contributed by atoms with Gasteiger partial charge in [-0.3, -0.25) is 0 Å². The fourth-order valence-corrected chi connectivity index (χ4v) is 4.67. The molecule has 0 atom stereocenters. The third-order valence-electron chi connectivity index (χ3n) is 4.50. The van der Waals surface area contributed by atoms with Crippen molar-refractivity contribution < 1.29 is 21.6 Å². The predicted molar refractivity (Wildman–Crippen MR) is 96.0 cm³/mol. The highest BCUT2D eigenvalue weighted by molar-refractivity contribution is 7.89. The van der Waals surface area contributed by atoms with E-state index in [9.17, 15) is 21.6 Å². The maximum absolute atomic E-state index is 12.9. The average Bonchev–Trinajstić information content (AvgIpc) is 2.68. The van der Waals surface area contributed by atoms with E-state index in [-0.39, 0.29) is 24.4 Å². The van der Waals surface area contributed by atoms with E-state index in [2.05, 4.69) is 4.98 Å². The van der Waals surface area contributed by atoms with Gasteiger partial charge in [-0.1, -0.05) is 18.2 Å². The van der Waals surface area contributed by atoms with E-state index in [1.54, 1.807) is 23.1 Å². The largest absolute Gasteiger partial charge is 0.417 e. The molecule has 1 aliphatic heterocycles. The smallest absolute Gasteiger partial charge is 0.354 e. The summed E-state index contributed by atoms with van der Waals surface area (Å²) < 4.78 is 65.1. The molecule has 6 nitrogen and oxygen atoms in total. The fraction of sp³-hybridized carbons (Fsp3) is 0.333. The van der Waals surface area contributed by atoms with Gasteiger partial charge in [-0.15, -0.1) is 0 Å². The van der Waals surface area contributed by atoms with Gasteiger partial charge in [-0.05, 0) is 23.8 Å². The number of nitriles is 1. The second-order valence-corrected chi connectivity index (χ2v) is 8.14. The summed E-state index contributed by atoms with van der Waals surface area (Å²) in [6.07, 6.45) is -3.68. The number of anilines is 1. The summed E-state index contributed by atoms with van der Waals surface area (Å²) in [5.74, 6) is 0.370. The first-order valence-corrected chi connectivity index (χ1v) is 9.90. The van der Waals surface area contributed by atoms with Gasteiger partial charge in [0.2, 0.25) is 10.0 Å². The number of hydrogen-bond donors (Lipinski definition) is 0. The van der Waals surface area contributed by atoms with E-state index in [1.807, 2.05) is 6.07 Å². The molecule has 148 valence electrons. The normalized spacial score (nSPS) is 16.0. The second-order valence-electron chi connectivity index (χ2n) is 6.24. The standard InChI is InChI=1S/C18H17F3N4O2S/c19-18(20,21)15-5-6-17(23-13-15)24-9-11-25(12-10-24)28(26,27)16-4-2-1-3-14(16)7-8-22/h1-6,13H,7,9-12H2. The van der Waals surface area contributed by atoms with Crippen molar-refractivity contribution >= 4 is 15.8 Å². The molecule has 3 rings (SSSR count). The Morgan fingerprint density at radius 3 is 2.32 bits per heavy atom. The number of sulfonamides is 1. The third-order valence-corrected chi connectivity index (χ3v) is 6.50.